The summed E-state index contributed by atoms with van der Waals surface area (Å²) in [4.78, 5) is 23.8. The van der Waals surface area contributed by atoms with Crippen LogP contribution < -0.4 is 16.2 Å². The first kappa shape index (κ1) is 19.6. The summed E-state index contributed by atoms with van der Waals surface area (Å²) >= 11 is 0. The minimum absolute atomic E-state index is 0.0862. The maximum Gasteiger partial charge on any atom is 0.337 e. The van der Waals surface area contributed by atoms with Crippen molar-refractivity contribution in [3.63, 3.8) is 0 Å². The molecule has 0 aromatic heterocycles. The number of hydrogen-bond donors (Lipinski definition) is 4. The van der Waals surface area contributed by atoms with Crippen molar-refractivity contribution in [1.29, 1.82) is 0 Å². The second-order valence-corrected chi connectivity index (χ2v) is 7.75. The number of methoxy groups -OCH3 is 1. The van der Waals surface area contributed by atoms with Crippen LogP contribution in [0.5, 0.6) is 0 Å². The van der Waals surface area contributed by atoms with Crippen LogP contribution in [-0.4, -0.2) is 30.3 Å². The second-order valence-electron chi connectivity index (χ2n) is 7.75. The predicted octanol–water partition coefficient (Wildman–Crippen LogP) is 2.31. The Bertz CT molecular complexity index is 897. The molecule has 0 aliphatic carbocycles. The number of hydrazine groups is 1. The van der Waals surface area contributed by atoms with Crippen LogP contribution in [0.2, 0.25) is 0 Å². The van der Waals surface area contributed by atoms with Crippen molar-refractivity contribution in [3.8, 4) is 0 Å². The van der Waals surface area contributed by atoms with Gasteiger partial charge in [0.05, 0.1) is 30.8 Å². The van der Waals surface area contributed by atoms with E-state index >= 15 is 0 Å². The van der Waals surface area contributed by atoms with Gasteiger partial charge in [-0.25, -0.2) is 15.6 Å². The van der Waals surface area contributed by atoms with Crippen molar-refractivity contribution >= 4 is 11.9 Å². The Hall–Kier alpha value is -2.74. The third kappa shape index (κ3) is 3.76. The number of rotatable bonds is 4. The molecule has 0 amide bonds. The number of ether oxygens (including phenoxy) is 1. The summed E-state index contributed by atoms with van der Waals surface area (Å²) in [5.41, 5.74) is 10.2. The molecule has 2 saturated heterocycles. The van der Waals surface area contributed by atoms with E-state index in [0.717, 1.165) is 11.1 Å². The van der Waals surface area contributed by atoms with Crippen LogP contribution >= 0.6 is 0 Å². The molecule has 5 unspecified atom stereocenters. The largest absolute Gasteiger partial charge is 0.481 e. The van der Waals surface area contributed by atoms with E-state index in [9.17, 15) is 14.7 Å². The van der Waals surface area contributed by atoms with Gasteiger partial charge in [-0.3, -0.25) is 10.1 Å². The molecule has 0 saturated carbocycles. The van der Waals surface area contributed by atoms with E-state index in [4.69, 9.17) is 4.74 Å². The molecule has 4 N–H and O–H groups in total. The maximum absolute atomic E-state index is 12.1. The van der Waals surface area contributed by atoms with Crippen LogP contribution in [0.4, 0.5) is 0 Å². The van der Waals surface area contributed by atoms with Gasteiger partial charge in [0.1, 0.15) is 0 Å². The fourth-order valence-electron chi connectivity index (χ4n) is 4.42. The van der Waals surface area contributed by atoms with E-state index in [1.54, 1.807) is 12.1 Å². The van der Waals surface area contributed by atoms with Crippen molar-refractivity contribution in [2.45, 2.75) is 31.6 Å². The van der Waals surface area contributed by atoms with Crippen LogP contribution in [-0.2, 0) is 9.53 Å². The van der Waals surface area contributed by atoms with Gasteiger partial charge in [0.15, 0.2) is 0 Å². The zero-order valence-corrected chi connectivity index (χ0v) is 16.4. The molecule has 152 valence electrons. The summed E-state index contributed by atoms with van der Waals surface area (Å²) < 4.78 is 4.74. The lowest BCUT2D eigenvalue weighted by atomic mass is 9.74. The van der Waals surface area contributed by atoms with Crippen molar-refractivity contribution in [2.75, 3.05) is 7.11 Å². The Morgan fingerprint density at radius 3 is 2.28 bits per heavy atom. The Balaban J connectivity index is 1.57. The summed E-state index contributed by atoms with van der Waals surface area (Å²) in [5, 5.41) is 13.5. The van der Waals surface area contributed by atoms with Gasteiger partial charge in [-0.15, -0.1) is 0 Å². The third-order valence-corrected chi connectivity index (χ3v) is 5.99. The van der Waals surface area contributed by atoms with Gasteiger partial charge in [0, 0.05) is 12.0 Å². The number of piperidine rings is 1. The topological polar surface area (TPSA) is 99.7 Å². The summed E-state index contributed by atoms with van der Waals surface area (Å²) in [6.07, 6.45) is 0.293. The quantitative estimate of drug-likeness (QED) is 0.590. The predicted molar refractivity (Wildman–Crippen MR) is 107 cm³/mol. The van der Waals surface area contributed by atoms with Gasteiger partial charge >= 0.3 is 11.9 Å². The number of benzene rings is 2. The summed E-state index contributed by atoms with van der Waals surface area (Å²) in [6, 6.07) is 15.1. The highest BCUT2D eigenvalue weighted by molar-refractivity contribution is 5.89. The lowest BCUT2D eigenvalue weighted by molar-refractivity contribution is -0.146. The number of aliphatic carboxylic acids is 1. The van der Waals surface area contributed by atoms with Crippen LogP contribution in [0, 0.1) is 18.8 Å². The summed E-state index contributed by atoms with van der Waals surface area (Å²) in [5.74, 6) is -1.82. The van der Waals surface area contributed by atoms with E-state index in [1.165, 1.54) is 12.7 Å². The smallest absolute Gasteiger partial charge is 0.337 e. The Morgan fingerprint density at radius 1 is 1.00 bits per heavy atom. The zero-order chi connectivity index (χ0) is 20.5. The van der Waals surface area contributed by atoms with E-state index in [0.29, 0.717) is 12.0 Å². The fourth-order valence-corrected chi connectivity index (χ4v) is 4.42. The Morgan fingerprint density at radius 2 is 1.66 bits per heavy atom. The monoisotopic (exact) mass is 395 g/mol. The molecule has 7 heteroatoms. The van der Waals surface area contributed by atoms with Gasteiger partial charge in [0.2, 0.25) is 0 Å². The highest BCUT2D eigenvalue weighted by atomic mass is 16.5. The number of hydrogen-bond acceptors (Lipinski definition) is 6. The average molecular weight is 395 g/mol. The van der Waals surface area contributed by atoms with Gasteiger partial charge < -0.3 is 9.84 Å². The Kier molecular flexibility index (Phi) is 5.36. The number of carboxylic acid groups (broad SMARTS) is 1. The number of carboxylic acids is 1. The minimum Gasteiger partial charge on any atom is -0.481 e. The Labute approximate surface area is 169 Å². The molecular formula is C22H25N3O4. The molecule has 2 aliphatic rings. The van der Waals surface area contributed by atoms with Gasteiger partial charge in [-0.1, -0.05) is 42.0 Å². The number of carbonyl (C=O) groups is 2. The first-order valence-corrected chi connectivity index (χ1v) is 9.72. The lowest BCUT2D eigenvalue weighted by Gasteiger charge is -2.39. The molecule has 0 bridgehead atoms. The van der Waals surface area contributed by atoms with Crippen molar-refractivity contribution < 1.29 is 19.4 Å². The van der Waals surface area contributed by atoms with Gasteiger partial charge in [0.25, 0.3) is 0 Å². The molecule has 2 aromatic rings. The first-order valence-electron chi connectivity index (χ1n) is 9.72. The first-order chi connectivity index (χ1) is 14.0. The summed E-state index contributed by atoms with van der Waals surface area (Å²) in [7, 11) is 1.35. The maximum atomic E-state index is 12.1. The van der Waals surface area contributed by atoms with Crippen LogP contribution in [0.25, 0.3) is 0 Å². The van der Waals surface area contributed by atoms with Gasteiger partial charge in [-0.2, -0.15) is 0 Å². The normalized spacial score (nSPS) is 28.6. The average Bonchev–Trinajstić information content (AvgIpc) is 3.17. The highest BCUT2D eigenvalue weighted by Gasteiger charge is 2.49. The molecule has 29 heavy (non-hydrogen) atoms. The molecule has 2 aromatic carbocycles. The molecule has 2 fully saturated rings. The van der Waals surface area contributed by atoms with Crippen molar-refractivity contribution in [1.82, 2.24) is 16.2 Å². The molecule has 7 nitrogen and oxygen atoms in total. The van der Waals surface area contributed by atoms with Crippen LogP contribution in [0.3, 0.4) is 0 Å². The SMILES string of the molecule is COC(=O)c1ccc(C2CC(C(=O)O)C3C(NNC3c3ccc(C)cc3)N2)cc1. The molecular weight excluding hydrogens is 370 g/mol. The molecule has 5 atom stereocenters. The van der Waals surface area contributed by atoms with Crippen molar-refractivity contribution in [2.24, 2.45) is 11.8 Å². The highest BCUT2D eigenvalue weighted by Crippen LogP contribution is 2.42. The number of nitrogens with one attached hydrogen (secondary N) is 3. The van der Waals surface area contributed by atoms with E-state index in [2.05, 4.69) is 16.2 Å². The lowest BCUT2D eigenvalue weighted by Crippen LogP contribution is -2.53. The number of aryl methyl sites for hydroxylation is 1. The van der Waals surface area contributed by atoms with Crippen LogP contribution in [0.1, 0.15) is 45.6 Å². The second kappa shape index (κ2) is 7.94. The third-order valence-electron chi connectivity index (χ3n) is 5.99. The fraction of sp³-hybridized carbons (Fsp3) is 0.364. The standard InChI is InChI=1S/C22H25N3O4/c1-12-3-5-14(6-4-12)19-18-16(21(26)27)11-17(23-20(18)25-24-19)13-7-9-15(10-8-13)22(28)29-2/h3-10,16-20,23-25H,11H2,1-2H3,(H,26,27). The van der Waals surface area contributed by atoms with Gasteiger partial charge in [-0.05, 0) is 36.6 Å². The molecule has 4 rings (SSSR count). The molecule has 0 spiro atoms. The minimum atomic E-state index is -0.791. The molecule has 0 radical (unpaired) electrons. The number of carbonyl (C=O) groups excluding carboxylic acids is 1. The molecule has 2 aliphatic heterocycles. The van der Waals surface area contributed by atoms with Crippen LogP contribution in [0.15, 0.2) is 48.5 Å². The number of esters is 1. The van der Waals surface area contributed by atoms with Crippen molar-refractivity contribution in [3.05, 3.63) is 70.8 Å². The zero-order valence-electron chi connectivity index (χ0n) is 16.4. The van der Waals surface area contributed by atoms with E-state index in [1.807, 2.05) is 43.3 Å². The summed E-state index contributed by atoms with van der Waals surface area (Å²) in [6.45, 7) is 2.03. The van der Waals surface area contributed by atoms with E-state index < -0.39 is 11.9 Å². The number of fused-ring (bicyclic) bond motifs is 1. The molecule has 2 heterocycles. The van der Waals surface area contributed by atoms with E-state index in [-0.39, 0.29) is 30.1 Å².